The summed E-state index contributed by atoms with van der Waals surface area (Å²) in [5.74, 6) is 0. The molecule has 0 spiro atoms. The van der Waals surface area contributed by atoms with E-state index >= 15 is 0 Å². The Hall–Kier alpha value is -0.990. The first kappa shape index (κ1) is 9.56. The van der Waals surface area contributed by atoms with Crippen molar-refractivity contribution in [2.75, 3.05) is 18.0 Å². The number of hydrogen-bond donors (Lipinski definition) is 1. The van der Waals surface area contributed by atoms with Crippen LogP contribution >= 0.6 is 11.6 Å². The molecule has 0 amide bonds. The van der Waals surface area contributed by atoms with E-state index in [4.69, 9.17) is 11.6 Å². The van der Waals surface area contributed by atoms with Gasteiger partial charge >= 0.3 is 0 Å². The van der Waals surface area contributed by atoms with Gasteiger partial charge < -0.3 is 10.0 Å². The number of anilines is 1. The third-order valence-corrected chi connectivity index (χ3v) is 2.61. The Kier molecular flexibility index (Phi) is 2.75. The van der Waals surface area contributed by atoms with E-state index in [1.807, 2.05) is 12.1 Å². The molecule has 1 heterocycles. The molecule has 1 aromatic carbocycles. The monoisotopic (exact) mass is 209 g/mol. The number of aliphatic hydroxyl groups is 1. The van der Waals surface area contributed by atoms with Gasteiger partial charge in [0, 0.05) is 29.4 Å². The quantitative estimate of drug-likeness (QED) is 0.755. The molecule has 2 rings (SSSR count). The minimum absolute atomic E-state index is 0.0585. The molecule has 0 bridgehead atoms. The van der Waals surface area contributed by atoms with Crippen LogP contribution in [0.15, 0.2) is 30.4 Å². The summed E-state index contributed by atoms with van der Waals surface area (Å²) in [4.78, 5) is 2.18. The molecule has 0 saturated carbocycles. The van der Waals surface area contributed by atoms with E-state index in [0.717, 1.165) is 24.3 Å². The smallest absolute Gasteiger partial charge is 0.0702 e. The third kappa shape index (κ3) is 1.76. The molecule has 0 aromatic heterocycles. The summed E-state index contributed by atoms with van der Waals surface area (Å²) in [5, 5.41) is 9.89. The van der Waals surface area contributed by atoms with Gasteiger partial charge in [0.25, 0.3) is 0 Å². The van der Waals surface area contributed by atoms with Crippen molar-refractivity contribution in [1.82, 2.24) is 0 Å². The molecular weight excluding hydrogens is 198 g/mol. The lowest BCUT2D eigenvalue weighted by Gasteiger charge is -2.20. The highest BCUT2D eigenvalue weighted by Gasteiger charge is 2.11. The average molecular weight is 210 g/mol. The van der Waals surface area contributed by atoms with E-state index in [-0.39, 0.29) is 6.61 Å². The van der Waals surface area contributed by atoms with Crippen molar-refractivity contribution >= 4 is 17.3 Å². The van der Waals surface area contributed by atoms with Gasteiger partial charge in [-0.1, -0.05) is 29.8 Å². The first-order chi connectivity index (χ1) is 6.81. The largest absolute Gasteiger partial charge is 0.392 e. The molecule has 1 aliphatic rings. The van der Waals surface area contributed by atoms with Gasteiger partial charge in [0.15, 0.2) is 0 Å². The van der Waals surface area contributed by atoms with E-state index in [1.165, 1.54) is 0 Å². The van der Waals surface area contributed by atoms with Crippen LogP contribution in [0.25, 0.3) is 0 Å². The second-order valence-electron chi connectivity index (χ2n) is 3.31. The molecule has 0 fully saturated rings. The summed E-state index contributed by atoms with van der Waals surface area (Å²) in [6.45, 7) is 1.85. The van der Waals surface area contributed by atoms with Crippen molar-refractivity contribution in [2.24, 2.45) is 0 Å². The number of aliphatic hydroxyl groups excluding tert-OH is 1. The highest BCUT2D eigenvalue weighted by Crippen LogP contribution is 2.26. The Morgan fingerprint density at radius 1 is 1.29 bits per heavy atom. The predicted molar refractivity (Wildman–Crippen MR) is 58.7 cm³/mol. The molecule has 74 valence electrons. The lowest BCUT2D eigenvalue weighted by Crippen LogP contribution is -2.20. The maximum Gasteiger partial charge on any atom is 0.0702 e. The van der Waals surface area contributed by atoms with Gasteiger partial charge in [-0.25, -0.2) is 0 Å². The van der Waals surface area contributed by atoms with Gasteiger partial charge in [-0.15, -0.1) is 0 Å². The van der Waals surface area contributed by atoms with Crippen molar-refractivity contribution in [3.8, 4) is 0 Å². The van der Waals surface area contributed by atoms with Crippen molar-refractivity contribution in [3.05, 3.63) is 40.9 Å². The molecule has 0 atom stereocenters. The van der Waals surface area contributed by atoms with E-state index in [9.17, 15) is 5.11 Å². The fourth-order valence-corrected chi connectivity index (χ4v) is 1.81. The molecule has 3 heteroatoms. The summed E-state index contributed by atoms with van der Waals surface area (Å²) >= 11 is 5.92. The van der Waals surface area contributed by atoms with Gasteiger partial charge in [0.05, 0.1) is 6.61 Å². The van der Waals surface area contributed by atoms with Gasteiger partial charge in [-0.3, -0.25) is 0 Å². The van der Waals surface area contributed by atoms with E-state index in [2.05, 4.69) is 17.1 Å². The summed E-state index contributed by atoms with van der Waals surface area (Å²) < 4.78 is 0. The second-order valence-corrected chi connectivity index (χ2v) is 3.74. The fourth-order valence-electron chi connectivity index (χ4n) is 1.64. The zero-order chi connectivity index (χ0) is 9.97. The maximum atomic E-state index is 9.18. The molecule has 2 nitrogen and oxygen atoms in total. The fraction of sp³-hybridized carbons (Fsp3) is 0.273. The summed E-state index contributed by atoms with van der Waals surface area (Å²) in [6.07, 6.45) is 4.23. The minimum atomic E-state index is 0.0585. The number of rotatable bonds is 2. The van der Waals surface area contributed by atoms with E-state index in [0.29, 0.717) is 5.02 Å². The first-order valence-electron chi connectivity index (χ1n) is 4.60. The molecule has 0 saturated heterocycles. The lowest BCUT2D eigenvalue weighted by atomic mass is 10.1. The molecule has 0 aliphatic carbocycles. The SMILES string of the molecule is OCc1ccc(Cl)cc1N1CC=CC1. The average Bonchev–Trinajstić information content (AvgIpc) is 2.70. The molecule has 0 unspecified atom stereocenters. The van der Waals surface area contributed by atoms with E-state index in [1.54, 1.807) is 6.07 Å². The normalized spacial score (nSPS) is 15.1. The van der Waals surface area contributed by atoms with Crippen molar-refractivity contribution in [2.45, 2.75) is 6.61 Å². The van der Waals surface area contributed by atoms with E-state index < -0.39 is 0 Å². The molecule has 1 N–H and O–H groups in total. The first-order valence-corrected chi connectivity index (χ1v) is 4.98. The third-order valence-electron chi connectivity index (χ3n) is 2.38. The number of nitrogens with zero attached hydrogens (tertiary/aromatic N) is 1. The maximum absolute atomic E-state index is 9.18. The zero-order valence-corrected chi connectivity index (χ0v) is 8.54. The van der Waals surface area contributed by atoms with Gasteiger partial charge in [0.2, 0.25) is 0 Å². The molecule has 0 radical (unpaired) electrons. The van der Waals surface area contributed by atoms with Crippen LogP contribution in [0.3, 0.4) is 0 Å². The van der Waals surface area contributed by atoms with Crippen LogP contribution in [0, 0.1) is 0 Å². The number of benzene rings is 1. The van der Waals surface area contributed by atoms with Crippen LogP contribution in [-0.2, 0) is 6.61 Å². The highest BCUT2D eigenvalue weighted by molar-refractivity contribution is 6.30. The minimum Gasteiger partial charge on any atom is -0.392 e. The Balaban J connectivity index is 2.34. The van der Waals surface area contributed by atoms with Crippen LogP contribution in [0.5, 0.6) is 0 Å². The Morgan fingerprint density at radius 3 is 2.64 bits per heavy atom. The van der Waals surface area contributed by atoms with Crippen LogP contribution in [0.2, 0.25) is 5.02 Å². The lowest BCUT2D eigenvalue weighted by molar-refractivity contribution is 0.282. The number of hydrogen-bond acceptors (Lipinski definition) is 2. The Bertz CT molecular complexity index is 354. The van der Waals surface area contributed by atoms with Crippen molar-refractivity contribution < 1.29 is 5.11 Å². The Morgan fingerprint density at radius 2 is 2.00 bits per heavy atom. The van der Waals surface area contributed by atoms with Gasteiger partial charge in [-0.05, 0) is 12.1 Å². The zero-order valence-electron chi connectivity index (χ0n) is 7.78. The summed E-state index contributed by atoms with van der Waals surface area (Å²) in [5.41, 5.74) is 1.96. The van der Waals surface area contributed by atoms with Crippen LogP contribution in [0.4, 0.5) is 5.69 Å². The molecule has 14 heavy (non-hydrogen) atoms. The molecule has 1 aliphatic heterocycles. The van der Waals surface area contributed by atoms with Crippen LogP contribution in [-0.4, -0.2) is 18.2 Å². The number of halogens is 1. The standard InChI is InChI=1S/C11H12ClNO/c12-10-4-3-9(8-14)11(7-10)13-5-1-2-6-13/h1-4,7,14H,5-6,8H2. The molecule has 1 aromatic rings. The van der Waals surface area contributed by atoms with Gasteiger partial charge in [0.1, 0.15) is 0 Å². The Labute approximate surface area is 88.4 Å². The van der Waals surface area contributed by atoms with Crippen molar-refractivity contribution in [3.63, 3.8) is 0 Å². The predicted octanol–water partition coefficient (Wildman–Crippen LogP) is 2.21. The van der Waals surface area contributed by atoms with Crippen molar-refractivity contribution in [1.29, 1.82) is 0 Å². The van der Waals surface area contributed by atoms with Crippen LogP contribution in [0.1, 0.15) is 5.56 Å². The van der Waals surface area contributed by atoms with Gasteiger partial charge in [-0.2, -0.15) is 0 Å². The second kappa shape index (κ2) is 4.03. The molecular formula is C11H12ClNO. The van der Waals surface area contributed by atoms with Crippen LogP contribution < -0.4 is 4.90 Å². The summed E-state index contributed by atoms with van der Waals surface area (Å²) in [6, 6.07) is 5.58. The topological polar surface area (TPSA) is 23.5 Å². The highest BCUT2D eigenvalue weighted by atomic mass is 35.5. The summed E-state index contributed by atoms with van der Waals surface area (Å²) in [7, 11) is 0.